The van der Waals surface area contributed by atoms with Crippen LogP contribution in [0.5, 0.6) is 0 Å². The quantitative estimate of drug-likeness (QED) is 0.745. The third-order valence-corrected chi connectivity index (χ3v) is 3.77. The van der Waals surface area contributed by atoms with Crippen molar-refractivity contribution in [3.8, 4) is 0 Å². The van der Waals surface area contributed by atoms with Gasteiger partial charge in [-0.15, -0.1) is 0 Å². The number of alkyl halides is 3. The lowest BCUT2D eigenvalue weighted by Gasteiger charge is -2.11. The van der Waals surface area contributed by atoms with Crippen molar-refractivity contribution >= 4 is 17.4 Å². The Balaban J connectivity index is 1.99. The number of halogens is 3. The lowest BCUT2D eigenvalue weighted by molar-refractivity contribution is -0.0328. The molecule has 112 valence electrons. The Morgan fingerprint density at radius 3 is 2.29 bits per heavy atom. The fourth-order valence-electron chi connectivity index (χ4n) is 1.93. The van der Waals surface area contributed by atoms with Gasteiger partial charge in [0.1, 0.15) is 0 Å². The van der Waals surface area contributed by atoms with E-state index in [0.717, 1.165) is 16.8 Å². The van der Waals surface area contributed by atoms with Crippen molar-refractivity contribution in [2.75, 3.05) is 5.32 Å². The van der Waals surface area contributed by atoms with E-state index in [2.05, 4.69) is 11.4 Å². The molecule has 5 heteroatoms. The number of rotatable bonds is 4. The highest BCUT2D eigenvalue weighted by Gasteiger charge is 2.28. The van der Waals surface area contributed by atoms with Gasteiger partial charge in [0.05, 0.1) is 0 Å². The number of nitrogens with one attached hydrogen (secondary N) is 1. The van der Waals surface area contributed by atoms with Crippen molar-refractivity contribution in [3.63, 3.8) is 0 Å². The van der Waals surface area contributed by atoms with Gasteiger partial charge >= 0.3 is 5.51 Å². The minimum Gasteiger partial charge on any atom is -0.381 e. The standard InChI is InChI=1S/C16H16F3NS/c1-11-3-4-12(2)15(9-11)20-10-13-5-7-14(8-6-13)21-16(17,18)19/h3-9,20H,10H2,1-2H3. The summed E-state index contributed by atoms with van der Waals surface area (Å²) in [6.07, 6.45) is 0. The van der Waals surface area contributed by atoms with E-state index < -0.39 is 5.51 Å². The van der Waals surface area contributed by atoms with Gasteiger partial charge in [-0.1, -0.05) is 24.3 Å². The molecule has 0 aliphatic rings. The molecule has 0 aliphatic heterocycles. The number of aryl methyl sites for hydroxylation is 2. The van der Waals surface area contributed by atoms with Crippen LogP contribution in [0.2, 0.25) is 0 Å². The minimum absolute atomic E-state index is 0.0921. The van der Waals surface area contributed by atoms with E-state index in [1.807, 2.05) is 26.0 Å². The van der Waals surface area contributed by atoms with Crippen molar-refractivity contribution in [1.82, 2.24) is 0 Å². The van der Waals surface area contributed by atoms with Crippen LogP contribution in [0.3, 0.4) is 0 Å². The largest absolute Gasteiger partial charge is 0.446 e. The van der Waals surface area contributed by atoms with Crippen LogP contribution in [0.25, 0.3) is 0 Å². The summed E-state index contributed by atoms with van der Waals surface area (Å²) < 4.78 is 36.7. The topological polar surface area (TPSA) is 12.0 Å². The number of anilines is 1. The van der Waals surface area contributed by atoms with E-state index in [9.17, 15) is 13.2 Å². The first-order chi connectivity index (χ1) is 9.83. The number of hydrogen-bond donors (Lipinski definition) is 1. The van der Waals surface area contributed by atoms with Gasteiger partial charge in [0, 0.05) is 17.1 Å². The molecule has 0 bridgehead atoms. The molecule has 0 aliphatic carbocycles. The Kier molecular flexibility index (Phi) is 4.83. The minimum atomic E-state index is -4.24. The lowest BCUT2D eigenvalue weighted by Crippen LogP contribution is -2.02. The Bertz CT molecular complexity index is 606. The van der Waals surface area contributed by atoms with Crippen molar-refractivity contribution in [2.45, 2.75) is 30.8 Å². The molecule has 0 heterocycles. The molecule has 0 saturated carbocycles. The summed E-state index contributed by atoms with van der Waals surface area (Å²) in [5, 5.41) is 3.31. The Morgan fingerprint density at radius 2 is 1.67 bits per heavy atom. The van der Waals surface area contributed by atoms with Crippen molar-refractivity contribution in [1.29, 1.82) is 0 Å². The highest BCUT2D eigenvalue weighted by Crippen LogP contribution is 2.36. The third kappa shape index (κ3) is 5.01. The predicted molar refractivity (Wildman–Crippen MR) is 81.6 cm³/mol. The first-order valence-electron chi connectivity index (χ1n) is 6.49. The van der Waals surface area contributed by atoms with Gasteiger partial charge in [0.2, 0.25) is 0 Å². The number of hydrogen-bond acceptors (Lipinski definition) is 2. The molecule has 0 unspecified atom stereocenters. The molecule has 0 fully saturated rings. The van der Waals surface area contributed by atoms with Crippen molar-refractivity contribution in [2.24, 2.45) is 0 Å². The van der Waals surface area contributed by atoms with E-state index >= 15 is 0 Å². The van der Waals surface area contributed by atoms with Gasteiger partial charge < -0.3 is 5.32 Å². The zero-order valence-corrected chi connectivity index (χ0v) is 12.6. The summed E-state index contributed by atoms with van der Waals surface area (Å²) in [4.78, 5) is 0.206. The second-order valence-electron chi connectivity index (χ2n) is 4.86. The Labute approximate surface area is 126 Å². The predicted octanol–water partition coefficient (Wildman–Crippen LogP) is 5.53. The van der Waals surface area contributed by atoms with Gasteiger partial charge in [-0.25, -0.2) is 0 Å². The zero-order chi connectivity index (χ0) is 15.5. The zero-order valence-electron chi connectivity index (χ0n) is 11.8. The molecule has 0 atom stereocenters. The highest BCUT2D eigenvalue weighted by atomic mass is 32.2. The molecule has 1 N–H and O–H groups in total. The van der Waals surface area contributed by atoms with Crippen LogP contribution in [0.15, 0.2) is 47.4 Å². The van der Waals surface area contributed by atoms with E-state index in [1.165, 1.54) is 17.7 Å². The van der Waals surface area contributed by atoms with Gasteiger partial charge in [0.15, 0.2) is 0 Å². The Hall–Kier alpha value is -1.62. The number of thioether (sulfide) groups is 1. The van der Waals surface area contributed by atoms with Gasteiger partial charge in [-0.2, -0.15) is 13.2 Å². The molecule has 1 nitrogen and oxygen atoms in total. The van der Waals surface area contributed by atoms with Crippen LogP contribution in [-0.4, -0.2) is 5.51 Å². The first-order valence-corrected chi connectivity index (χ1v) is 7.31. The molecule has 0 aromatic heterocycles. The summed E-state index contributed by atoms with van der Waals surface area (Å²) >= 11 is -0.0921. The molecule has 2 aromatic rings. The van der Waals surface area contributed by atoms with E-state index in [1.54, 1.807) is 12.1 Å². The van der Waals surface area contributed by atoms with Crippen LogP contribution in [0, 0.1) is 13.8 Å². The molecule has 2 aromatic carbocycles. The SMILES string of the molecule is Cc1ccc(C)c(NCc2ccc(SC(F)(F)F)cc2)c1. The lowest BCUT2D eigenvalue weighted by atomic mass is 10.1. The van der Waals surface area contributed by atoms with Gasteiger partial charge in [0.25, 0.3) is 0 Å². The summed E-state index contributed by atoms with van der Waals surface area (Å²) in [6, 6.07) is 12.6. The molecule has 0 saturated heterocycles. The average molecular weight is 311 g/mol. The van der Waals surface area contributed by atoms with Gasteiger partial charge in [-0.3, -0.25) is 0 Å². The molecule has 0 spiro atoms. The van der Waals surface area contributed by atoms with Gasteiger partial charge in [-0.05, 0) is 60.5 Å². The maximum Gasteiger partial charge on any atom is 0.446 e. The Morgan fingerprint density at radius 1 is 1.00 bits per heavy atom. The smallest absolute Gasteiger partial charge is 0.381 e. The van der Waals surface area contributed by atoms with Crippen LogP contribution in [0.4, 0.5) is 18.9 Å². The second-order valence-corrected chi connectivity index (χ2v) is 6.00. The average Bonchev–Trinajstić information content (AvgIpc) is 2.40. The molecule has 2 rings (SSSR count). The summed E-state index contributed by atoms with van der Waals surface area (Å²) in [5.74, 6) is 0. The molecule has 21 heavy (non-hydrogen) atoms. The van der Waals surface area contributed by atoms with E-state index in [0.29, 0.717) is 6.54 Å². The normalized spacial score (nSPS) is 11.5. The maximum atomic E-state index is 12.2. The fourth-order valence-corrected chi connectivity index (χ4v) is 2.47. The molecular weight excluding hydrogens is 295 g/mol. The molecular formula is C16H16F3NS. The van der Waals surface area contributed by atoms with E-state index in [4.69, 9.17) is 0 Å². The number of benzene rings is 2. The van der Waals surface area contributed by atoms with Crippen LogP contribution < -0.4 is 5.32 Å². The first kappa shape index (κ1) is 15.8. The summed E-state index contributed by atoms with van der Waals surface area (Å²) in [5.41, 5.74) is 0.0642. The fraction of sp³-hybridized carbons (Fsp3) is 0.250. The highest BCUT2D eigenvalue weighted by molar-refractivity contribution is 8.00. The van der Waals surface area contributed by atoms with Crippen molar-refractivity contribution < 1.29 is 13.2 Å². The van der Waals surface area contributed by atoms with Crippen LogP contribution in [0.1, 0.15) is 16.7 Å². The van der Waals surface area contributed by atoms with Crippen molar-refractivity contribution in [3.05, 3.63) is 59.2 Å². The van der Waals surface area contributed by atoms with Crippen LogP contribution >= 0.6 is 11.8 Å². The molecule has 0 amide bonds. The second kappa shape index (κ2) is 6.43. The summed E-state index contributed by atoms with van der Waals surface area (Å²) in [7, 11) is 0. The third-order valence-electron chi connectivity index (χ3n) is 3.03. The van der Waals surface area contributed by atoms with Crippen LogP contribution in [-0.2, 0) is 6.54 Å². The van der Waals surface area contributed by atoms with E-state index in [-0.39, 0.29) is 16.7 Å². The summed E-state index contributed by atoms with van der Waals surface area (Å²) in [6.45, 7) is 4.62. The maximum absolute atomic E-state index is 12.2. The monoisotopic (exact) mass is 311 g/mol. The molecule has 0 radical (unpaired) electrons.